The Hall–Kier alpha value is -2.04. The van der Waals surface area contributed by atoms with Crippen molar-refractivity contribution in [1.29, 1.82) is 0 Å². The van der Waals surface area contributed by atoms with E-state index >= 15 is 0 Å². The maximum atomic E-state index is 13.0. The van der Waals surface area contributed by atoms with Crippen molar-refractivity contribution >= 4 is 11.8 Å². The number of aliphatic carboxylic acids is 1. The molecular weight excluding hydrogens is 327 g/mol. The molecule has 1 aliphatic rings. The lowest BCUT2D eigenvalue weighted by Crippen LogP contribution is -2.26. The smallest absolute Gasteiger partial charge is 0.475 e. The largest absolute Gasteiger partial charge is 0.490 e. The van der Waals surface area contributed by atoms with Gasteiger partial charge >= 0.3 is 12.1 Å². The molecule has 0 amide bonds. The number of nitrogens with two attached hydrogens (primary N) is 1. The van der Waals surface area contributed by atoms with Gasteiger partial charge in [-0.2, -0.15) is 18.3 Å². The van der Waals surface area contributed by atoms with Gasteiger partial charge in [0.25, 0.3) is 5.92 Å². The first kappa shape index (κ1) is 19.0. The van der Waals surface area contributed by atoms with Crippen LogP contribution >= 0.6 is 0 Å². The molecule has 0 aliphatic carbocycles. The summed E-state index contributed by atoms with van der Waals surface area (Å²) in [5.74, 6) is -4.83. The van der Waals surface area contributed by atoms with E-state index in [4.69, 9.17) is 15.6 Å². The predicted molar refractivity (Wildman–Crippen MR) is 70.1 cm³/mol. The van der Waals surface area contributed by atoms with Crippen LogP contribution in [0.2, 0.25) is 0 Å². The molecule has 1 saturated heterocycles. The van der Waals surface area contributed by atoms with Crippen LogP contribution in [-0.4, -0.2) is 46.5 Å². The highest BCUT2D eigenvalue weighted by Crippen LogP contribution is 2.30. The first-order chi connectivity index (χ1) is 10.5. The van der Waals surface area contributed by atoms with Gasteiger partial charge < -0.3 is 15.7 Å². The van der Waals surface area contributed by atoms with Crippen molar-refractivity contribution in [2.24, 2.45) is 5.73 Å². The minimum absolute atomic E-state index is 0.118. The molecule has 1 fully saturated rings. The molecule has 3 N–H and O–H groups in total. The Morgan fingerprint density at radius 1 is 1.43 bits per heavy atom. The number of hydrogen-bond acceptors (Lipinski definition) is 5. The molecule has 0 saturated carbocycles. The fourth-order valence-corrected chi connectivity index (χ4v) is 1.86. The SMILES string of the molecule is Cc1cc(CN)nnc1N1CCC(F)(F)C1.O=C(O)C(F)(F)F. The van der Waals surface area contributed by atoms with Crippen LogP contribution in [0.1, 0.15) is 17.7 Å². The summed E-state index contributed by atoms with van der Waals surface area (Å²) in [6.07, 6.45) is -5.20. The summed E-state index contributed by atoms with van der Waals surface area (Å²) in [7, 11) is 0. The van der Waals surface area contributed by atoms with Crippen molar-refractivity contribution in [2.75, 3.05) is 18.0 Å². The van der Waals surface area contributed by atoms with E-state index in [-0.39, 0.29) is 13.0 Å². The maximum Gasteiger partial charge on any atom is 0.490 e. The van der Waals surface area contributed by atoms with Crippen molar-refractivity contribution in [3.05, 3.63) is 17.3 Å². The van der Waals surface area contributed by atoms with Crippen molar-refractivity contribution in [1.82, 2.24) is 10.2 Å². The van der Waals surface area contributed by atoms with Gasteiger partial charge in [-0.25, -0.2) is 13.6 Å². The highest BCUT2D eigenvalue weighted by molar-refractivity contribution is 5.73. The van der Waals surface area contributed by atoms with Crippen LogP contribution in [0.15, 0.2) is 6.07 Å². The molecule has 2 rings (SSSR count). The lowest BCUT2D eigenvalue weighted by molar-refractivity contribution is -0.192. The van der Waals surface area contributed by atoms with Crippen LogP contribution in [0, 0.1) is 6.92 Å². The number of anilines is 1. The highest BCUT2D eigenvalue weighted by Gasteiger charge is 2.39. The zero-order valence-corrected chi connectivity index (χ0v) is 12.1. The molecule has 130 valence electrons. The number of carboxylic acids is 1. The van der Waals surface area contributed by atoms with E-state index in [1.54, 1.807) is 11.0 Å². The van der Waals surface area contributed by atoms with E-state index in [1.165, 1.54) is 0 Å². The summed E-state index contributed by atoms with van der Waals surface area (Å²) in [4.78, 5) is 10.5. The quantitative estimate of drug-likeness (QED) is 0.795. The number of aromatic nitrogens is 2. The van der Waals surface area contributed by atoms with Crippen LogP contribution < -0.4 is 10.6 Å². The summed E-state index contributed by atoms with van der Waals surface area (Å²) >= 11 is 0. The number of rotatable bonds is 2. The van der Waals surface area contributed by atoms with Crippen molar-refractivity contribution < 1.29 is 31.9 Å². The second-order valence-electron chi connectivity index (χ2n) is 4.88. The molecule has 1 aromatic rings. The Kier molecular flexibility index (Phi) is 5.81. The molecule has 0 radical (unpaired) electrons. The number of halogens is 5. The van der Waals surface area contributed by atoms with E-state index in [0.717, 1.165) is 5.56 Å². The van der Waals surface area contributed by atoms with Gasteiger partial charge in [0.05, 0.1) is 12.2 Å². The van der Waals surface area contributed by atoms with Gasteiger partial charge in [-0.3, -0.25) is 0 Å². The minimum Gasteiger partial charge on any atom is -0.475 e. The number of aryl methyl sites for hydroxylation is 1. The first-order valence-electron chi connectivity index (χ1n) is 6.42. The lowest BCUT2D eigenvalue weighted by Gasteiger charge is -2.18. The van der Waals surface area contributed by atoms with Gasteiger partial charge in [0.2, 0.25) is 0 Å². The van der Waals surface area contributed by atoms with Gasteiger partial charge in [-0.15, -0.1) is 5.10 Å². The topological polar surface area (TPSA) is 92.3 Å². The summed E-state index contributed by atoms with van der Waals surface area (Å²) in [5.41, 5.74) is 6.94. The van der Waals surface area contributed by atoms with Gasteiger partial charge in [-0.05, 0) is 18.6 Å². The summed E-state index contributed by atoms with van der Waals surface area (Å²) in [6, 6.07) is 1.79. The molecule has 0 unspecified atom stereocenters. The molecule has 1 aliphatic heterocycles. The Bertz CT molecular complexity index is 565. The van der Waals surface area contributed by atoms with Crippen LogP contribution in [0.5, 0.6) is 0 Å². The summed E-state index contributed by atoms with van der Waals surface area (Å²) < 4.78 is 57.8. The molecule has 0 spiro atoms. The third-order valence-corrected chi connectivity index (χ3v) is 2.93. The highest BCUT2D eigenvalue weighted by atomic mass is 19.4. The zero-order chi connectivity index (χ0) is 17.8. The zero-order valence-electron chi connectivity index (χ0n) is 12.1. The molecule has 6 nitrogen and oxygen atoms in total. The van der Waals surface area contributed by atoms with Crippen LogP contribution in [-0.2, 0) is 11.3 Å². The molecular formula is C12H15F5N4O2. The van der Waals surface area contributed by atoms with E-state index in [9.17, 15) is 22.0 Å². The molecule has 1 aromatic heterocycles. The second-order valence-corrected chi connectivity index (χ2v) is 4.88. The molecule has 23 heavy (non-hydrogen) atoms. The molecule has 0 aromatic carbocycles. The van der Waals surface area contributed by atoms with Crippen LogP contribution in [0.25, 0.3) is 0 Å². The van der Waals surface area contributed by atoms with E-state index in [2.05, 4.69) is 10.2 Å². The van der Waals surface area contributed by atoms with Gasteiger partial charge in [0.1, 0.15) is 0 Å². The molecule has 0 bridgehead atoms. The lowest BCUT2D eigenvalue weighted by atomic mass is 10.2. The molecule has 2 heterocycles. The Morgan fingerprint density at radius 3 is 2.35 bits per heavy atom. The Labute approximate surface area is 128 Å². The maximum absolute atomic E-state index is 13.0. The molecule has 11 heteroatoms. The standard InChI is InChI=1S/C10H14F2N4.C2HF3O2/c1-7-4-8(5-13)14-15-9(7)16-3-2-10(11,12)6-16;3-2(4,5)1(6)7/h4H,2-3,5-6,13H2,1H3;(H,6,7). The number of alkyl halides is 5. The first-order valence-corrected chi connectivity index (χ1v) is 6.42. The third-order valence-electron chi connectivity index (χ3n) is 2.93. The van der Waals surface area contributed by atoms with Crippen LogP contribution in [0.3, 0.4) is 0 Å². The van der Waals surface area contributed by atoms with Crippen molar-refractivity contribution in [3.8, 4) is 0 Å². The minimum atomic E-state index is -5.08. The number of hydrogen-bond donors (Lipinski definition) is 2. The number of carboxylic acid groups (broad SMARTS) is 1. The van der Waals surface area contributed by atoms with Gasteiger partial charge in [0, 0.05) is 19.5 Å². The van der Waals surface area contributed by atoms with Gasteiger partial charge in [0.15, 0.2) is 5.82 Å². The third kappa shape index (κ3) is 5.58. The monoisotopic (exact) mass is 342 g/mol. The second kappa shape index (κ2) is 7.02. The fourth-order valence-electron chi connectivity index (χ4n) is 1.86. The van der Waals surface area contributed by atoms with Crippen molar-refractivity contribution in [3.63, 3.8) is 0 Å². The Balaban J connectivity index is 0.000000322. The van der Waals surface area contributed by atoms with E-state index in [1.807, 2.05) is 6.92 Å². The molecule has 0 atom stereocenters. The van der Waals surface area contributed by atoms with Gasteiger partial charge in [-0.1, -0.05) is 0 Å². The van der Waals surface area contributed by atoms with Crippen molar-refractivity contribution in [2.45, 2.75) is 32.0 Å². The number of nitrogens with zero attached hydrogens (tertiary/aromatic N) is 3. The Morgan fingerprint density at radius 2 is 2.00 bits per heavy atom. The number of carbonyl (C=O) groups is 1. The fraction of sp³-hybridized carbons (Fsp3) is 0.583. The summed E-state index contributed by atoms with van der Waals surface area (Å²) in [6.45, 7) is 2.19. The summed E-state index contributed by atoms with van der Waals surface area (Å²) in [5, 5.41) is 15.0. The average Bonchev–Trinajstić information content (AvgIpc) is 2.78. The normalized spacial score (nSPS) is 16.7. The average molecular weight is 342 g/mol. The van der Waals surface area contributed by atoms with E-state index < -0.39 is 18.1 Å². The van der Waals surface area contributed by atoms with Crippen LogP contribution in [0.4, 0.5) is 27.8 Å². The van der Waals surface area contributed by atoms with E-state index in [0.29, 0.717) is 24.6 Å². The predicted octanol–water partition coefficient (Wildman–Crippen LogP) is 1.72.